The number of nitrogens with one attached hydrogen (secondary N) is 1. The third kappa shape index (κ3) is 5.07. The molecule has 1 aliphatic heterocycles. The lowest BCUT2D eigenvalue weighted by Crippen LogP contribution is -2.42. The predicted molar refractivity (Wildman–Crippen MR) is 133 cm³/mol. The smallest absolute Gasteiger partial charge is 0.410 e. The summed E-state index contributed by atoms with van der Waals surface area (Å²) in [7, 11) is 1.63. The summed E-state index contributed by atoms with van der Waals surface area (Å²) in [5, 5.41) is 16.1. The number of methoxy groups -OCH3 is 1. The molecule has 0 radical (unpaired) electrons. The first-order chi connectivity index (χ1) is 17.3. The highest BCUT2D eigenvalue weighted by atomic mass is 16.6. The average Bonchev–Trinajstić information content (AvgIpc) is 3.50. The summed E-state index contributed by atoms with van der Waals surface area (Å²) in [5.74, 6) is 1.17. The normalized spacial score (nSPS) is 14.7. The fraction of sp³-hybridized carbons (Fsp3) is 0.417. The number of carbonyl (C=O) groups is 1. The van der Waals surface area contributed by atoms with Gasteiger partial charge in [0.2, 0.25) is 5.95 Å². The number of amides is 1. The van der Waals surface area contributed by atoms with Crippen molar-refractivity contribution in [2.24, 2.45) is 0 Å². The number of benzene rings is 1. The molecular weight excluding hydrogens is 462 g/mol. The quantitative estimate of drug-likeness (QED) is 0.444. The fourth-order valence-corrected chi connectivity index (χ4v) is 4.06. The van der Waals surface area contributed by atoms with Gasteiger partial charge in [-0.2, -0.15) is 14.8 Å². The van der Waals surface area contributed by atoms with E-state index in [-0.39, 0.29) is 12.1 Å². The topological polar surface area (TPSA) is 125 Å². The number of hydrogen-bond donors (Lipinski definition) is 1. The summed E-state index contributed by atoms with van der Waals surface area (Å²) in [4.78, 5) is 23.1. The molecule has 0 saturated carbocycles. The minimum Gasteiger partial charge on any atom is -0.497 e. The lowest BCUT2D eigenvalue weighted by Gasteiger charge is -2.33. The number of carbonyl (C=O) groups excluding carboxylic acids is 1. The number of fused-ring (bicyclic) bond motifs is 1. The zero-order valence-corrected chi connectivity index (χ0v) is 20.7. The third-order valence-corrected chi connectivity index (χ3v) is 5.86. The predicted octanol–water partition coefficient (Wildman–Crippen LogP) is 3.73. The Balaban J connectivity index is 1.25. The highest BCUT2D eigenvalue weighted by Crippen LogP contribution is 2.25. The molecule has 1 fully saturated rings. The van der Waals surface area contributed by atoms with Gasteiger partial charge in [-0.1, -0.05) is 5.21 Å². The van der Waals surface area contributed by atoms with Crippen molar-refractivity contribution in [2.75, 3.05) is 25.5 Å². The summed E-state index contributed by atoms with van der Waals surface area (Å²) in [6.07, 6.45) is 6.65. The van der Waals surface area contributed by atoms with Crippen molar-refractivity contribution in [1.29, 1.82) is 0 Å². The maximum Gasteiger partial charge on any atom is 0.410 e. The minimum atomic E-state index is -0.496. The second-order valence-corrected chi connectivity index (χ2v) is 9.63. The van der Waals surface area contributed by atoms with E-state index in [0.29, 0.717) is 30.2 Å². The van der Waals surface area contributed by atoms with Crippen molar-refractivity contribution in [3.63, 3.8) is 0 Å². The van der Waals surface area contributed by atoms with E-state index in [9.17, 15) is 4.79 Å². The van der Waals surface area contributed by atoms with Crippen molar-refractivity contribution in [3.8, 4) is 11.4 Å². The van der Waals surface area contributed by atoms with E-state index in [0.717, 1.165) is 30.0 Å². The number of rotatable bonds is 5. The van der Waals surface area contributed by atoms with E-state index in [2.05, 4.69) is 30.7 Å². The van der Waals surface area contributed by atoms with Crippen LogP contribution in [0.5, 0.6) is 5.75 Å². The molecule has 4 aromatic rings. The molecule has 1 aromatic carbocycles. The van der Waals surface area contributed by atoms with E-state index in [1.807, 2.05) is 55.9 Å². The van der Waals surface area contributed by atoms with Gasteiger partial charge < -0.3 is 19.7 Å². The van der Waals surface area contributed by atoms with Crippen LogP contribution in [0.25, 0.3) is 16.9 Å². The zero-order valence-electron chi connectivity index (χ0n) is 20.7. The largest absolute Gasteiger partial charge is 0.497 e. The van der Waals surface area contributed by atoms with Gasteiger partial charge in [-0.25, -0.2) is 9.78 Å². The van der Waals surface area contributed by atoms with E-state index in [1.165, 1.54) is 0 Å². The minimum absolute atomic E-state index is 0.198. The number of nitrogens with zero attached hydrogens (tertiary/aromatic N) is 8. The highest BCUT2D eigenvalue weighted by Gasteiger charge is 2.28. The monoisotopic (exact) mass is 491 g/mol. The maximum absolute atomic E-state index is 12.3. The Bertz CT molecular complexity index is 1350. The number of likely N-dealkylation sites (tertiary alicyclic amines) is 1. The van der Waals surface area contributed by atoms with E-state index in [4.69, 9.17) is 9.47 Å². The summed E-state index contributed by atoms with van der Waals surface area (Å²) >= 11 is 0. The van der Waals surface area contributed by atoms with E-state index >= 15 is 0 Å². The molecule has 12 nitrogen and oxygen atoms in total. The van der Waals surface area contributed by atoms with Crippen LogP contribution in [0.1, 0.15) is 39.7 Å². The van der Waals surface area contributed by atoms with Gasteiger partial charge in [-0.3, -0.25) is 4.68 Å². The molecule has 5 rings (SSSR count). The first kappa shape index (κ1) is 23.5. The van der Waals surface area contributed by atoms with Crippen LogP contribution in [0.15, 0.2) is 42.9 Å². The first-order valence-corrected chi connectivity index (χ1v) is 11.8. The van der Waals surface area contributed by atoms with Gasteiger partial charge in [0, 0.05) is 19.3 Å². The summed E-state index contributed by atoms with van der Waals surface area (Å²) < 4.78 is 14.3. The highest BCUT2D eigenvalue weighted by molar-refractivity contribution is 5.72. The van der Waals surface area contributed by atoms with Gasteiger partial charge in [-0.15, -0.1) is 5.10 Å². The second kappa shape index (κ2) is 9.44. The molecule has 4 heterocycles. The first-order valence-electron chi connectivity index (χ1n) is 11.8. The molecule has 1 aliphatic rings. The summed E-state index contributed by atoms with van der Waals surface area (Å²) in [6.45, 7) is 6.89. The Morgan fingerprint density at radius 1 is 1.11 bits per heavy atom. The molecular formula is C24H29N9O3. The molecule has 1 saturated heterocycles. The van der Waals surface area contributed by atoms with Crippen LogP contribution in [0.3, 0.4) is 0 Å². The molecule has 1 N–H and O–H groups in total. The van der Waals surface area contributed by atoms with Crippen molar-refractivity contribution in [1.82, 2.24) is 39.6 Å². The number of ether oxygens (including phenoxy) is 2. The van der Waals surface area contributed by atoms with Gasteiger partial charge in [-0.05, 0) is 57.9 Å². The number of aromatic nitrogens is 7. The Kier molecular flexibility index (Phi) is 6.17. The van der Waals surface area contributed by atoms with Crippen molar-refractivity contribution < 1.29 is 14.3 Å². The van der Waals surface area contributed by atoms with Gasteiger partial charge >= 0.3 is 6.09 Å². The molecule has 0 spiro atoms. The Labute approximate surface area is 208 Å². The van der Waals surface area contributed by atoms with Crippen molar-refractivity contribution in [2.45, 2.75) is 45.3 Å². The lowest BCUT2D eigenvalue weighted by molar-refractivity contribution is 0.0185. The second-order valence-electron chi connectivity index (χ2n) is 9.63. The Morgan fingerprint density at radius 2 is 1.86 bits per heavy atom. The van der Waals surface area contributed by atoms with Gasteiger partial charge in [0.1, 0.15) is 11.4 Å². The molecule has 0 aliphatic carbocycles. The average molecular weight is 492 g/mol. The lowest BCUT2D eigenvalue weighted by atomic mass is 10.1. The van der Waals surface area contributed by atoms with E-state index in [1.54, 1.807) is 29.1 Å². The number of hydrogen-bond acceptors (Lipinski definition) is 9. The van der Waals surface area contributed by atoms with Gasteiger partial charge in [0.15, 0.2) is 11.2 Å². The Morgan fingerprint density at radius 3 is 2.56 bits per heavy atom. The number of piperidine rings is 1. The van der Waals surface area contributed by atoms with Crippen molar-refractivity contribution in [3.05, 3.63) is 42.9 Å². The molecule has 188 valence electrons. The van der Waals surface area contributed by atoms with E-state index < -0.39 is 5.60 Å². The number of anilines is 2. The molecule has 0 atom stereocenters. The van der Waals surface area contributed by atoms with Crippen molar-refractivity contribution >= 4 is 28.9 Å². The molecule has 36 heavy (non-hydrogen) atoms. The third-order valence-electron chi connectivity index (χ3n) is 5.86. The van der Waals surface area contributed by atoms with Crippen LogP contribution in [-0.2, 0) is 4.74 Å². The molecule has 1 amide bonds. The summed E-state index contributed by atoms with van der Waals surface area (Å²) in [5.41, 5.74) is 2.26. The standard InChI is InChI=1S/C24H29N9O3/c1-24(2,3)36-23(34)31-11-9-17(10-12-31)32-15-16(13-26-32)27-22-25-14-20-21(28-22)33(30-29-20)18-5-7-19(35-4)8-6-18/h5-8,13-15,17H,9-12H2,1-4H3,(H,25,27,28). The van der Waals surface area contributed by atoms with Crippen LogP contribution in [-0.4, -0.2) is 71.5 Å². The van der Waals surface area contributed by atoms with Crippen LogP contribution >= 0.6 is 0 Å². The van der Waals surface area contributed by atoms with Gasteiger partial charge in [0.05, 0.1) is 36.9 Å². The van der Waals surface area contributed by atoms with Gasteiger partial charge in [0.25, 0.3) is 0 Å². The Hall–Kier alpha value is -4.22. The van der Waals surface area contributed by atoms with Crippen LogP contribution < -0.4 is 10.1 Å². The fourth-order valence-electron chi connectivity index (χ4n) is 4.06. The molecule has 0 bridgehead atoms. The maximum atomic E-state index is 12.3. The van der Waals surface area contributed by atoms with Crippen LogP contribution in [0, 0.1) is 0 Å². The zero-order chi connectivity index (χ0) is 25.3. The molecule has 12 heteroatoms. The SMILES string of the molecule is COc1ccc(-n2nnc3cnc(Nc4cnn(C5CCN(C(=O)OC(C)(C)C)CC5)c4)nc32)cc1. The van der Waals surface area contributed by atoms with Crippen LogP contribution in [0.4, 0.5) is 16.4 Å². The summed E-state index contributed by atoms with van der Waals surface area (Å²) in [6, 6.07) is 7.69. The van der Waals surface area contributed by atoms with Crippen LogP contribution in [0.2, 0.25) is 0 Å². The molecule has 0 unspecified atom stereocenters. The molecule has 3 aromatic heterocycles.